The van der Waals surface area contributed by atoms with Crippen molar-refractivity contribution in [3.05, 3.63) is 54.2 Å². The van der Waals surface area contributed by atoms with Crippen LogP contribution in [0.5, 0.6) is 5.75 Å². The summed E-state index contributed by atoms with van der Waals surface area (Å²) in [5.41, 5.74) is 9.09. The second kappa shape index (κ2) is 7.34. The zero-order chi connectivity index (χ0) is 18.8. The van der Waals surface area contributed by atoms with E-state index in [2.05, 4.69) is 49.8 Å². The molecule has 3 aromatic rings. The molecule has 0 bridgehead atoms. The number of rotatable bonds is 5. The number of aromatic nitrogens is 3. The van der Waals surface area contributed by atoms with E-state index in [1.54, 1.807) is 13.3 Å². The van der Waals surface area contributed by atoms with Crippen LogP contribution in [0, 0.1) is 0 Å². The van der Waals surface area contributed by atoms with Gasteiger partial charge in [0, 0.05) is 42.0 Å². The molecule has 27 heavy (non-hydrogen) atoms. The Bertz CT molecular complexity index is 955. The van der Waals surface area contributed by atoms with E-state index in [0.717, 1.165) is 24.1 Å². The summed E-state index contributed by atoms with van der Waals surface area (Å²) in [6, 6.07) is 8.35. The van der Waals surface area contributed by atoms with Crippen LogP contribution in [-0.2, 0) is 6.54 Å². The van der Waals surface area contributed by atoms with Crippen molar-refractivity contribution in [2.45, 2.75) is 32.1 Å². The second-order valence-corrected chi connectivity index (χ2v) is 6.43. The van der Waals surface area contributed by atoms with Crippen LogP contribution in [0.4, 0.5) is 0 Å². The summed E-state index contributed by atoms with van der Waals surface area (Å²) in [6.45, 7) is 2.99. The topological polar surface area (TPSA) is 93.1 Å². The van der Waals surface area contributed by atoms with Crippen molar-refractivity contribution in [3.63, 3.8) is 0 Å². The van der Waals surface area contributed by atoms with Crippen molar-refractivity contribution in [2.24, 2.45) is 0 Å². The smallest absolute Gasteiger partial charge is 0.272 e. The Morgan fingerprint density at radius 3 is 2.96 bits per heavy atom. The number of hydrogen-bond acceptors (Lipinski definition) is 6. The minimum absolute atomic E-state index is 0.0792. The number of hydrazine groups is 1. The van der Waals surface area contributed by atoms with Crippen LogP contribution in [0.25, 0.3) is 10.9 Å². The van der Waals surface area contributed by atoms with Gasteiger partial charge in [-0.1, -0.05) is 0 Å². The second-order valence-electron chi connectivity index (χ2n) is 6.43. The molecule has 3 N–H and O–H groups in total. The average Bonchev–Trinajstić information content (AvgIpc) is 3.31. The lowest BCUT2D eigenvalue weighted by Gasteiger charge is -2.14. The maximum absolute atomic E-state index is 12.3. The first-order chi connectivity index (χ1) is 13.2. The van der Waals surface area contributed by atoms with Gasteiger partial charge in [-0.3, -0.25) is 9.78 Å². The lowest BCUT2D eigenvalue weighted by molar-refractivity contribution is 0.0927. The first kappa shape index (κ1) is 17.4. The Kier molecular flexibility index (Phi) is 4.74. The molecule has 140 valence electrons. The maximum Gasteiger partial charge on any atom is 0.272 e. The number of aryl methyl sites for hydroxylation is 1. The number of benzene rings is 1. The Hall–Kier alpha value is -2.97. The molecule has 3 heterocycles. The number of amides is 1. The lowest BCUT2D eigenvalue weighted by Crippen LogP contribution is -2.44. The van der Waals surface area contributed by atoms with Crippen LogP contribution < -0.4 is 20.9 Å². The third-order valence-corrected chi connectivity index (χ3v) is 4.82. The van der Waals surface area contributed by atoms with Crippen molar-refractivity contribution < 1.29 is 9.53 Å². The molecular formula is C19H22N6O2. The van der Waals surface area contributed by atoms with Gasteiger partial charge in [0.2, 0.25) is 0 Å². The Balaban J connectivity index is 1.52. The van der Waals surface area contributed by atoms with E-state index in [1.165, 1.54) is 23.6 Å². The highest BCUT2D eigenvalue weighted by molar-refractivity contribution is 5.92. The summed E-state index contributed by atoms with van der Waals surface area (Å²) in [5, 5.41) is 4.08. The largest absolute Gasteiger partial charge is 0.497 e. The van der Waals surface area contributed by atoms with E-state index < -0.39 is 0 Å². The van der Waals surface area contributed by atoms with Crippen molar-refractivity contribution in [2.75, 3.05) is 7.11 Å². The first-order valence-corrected chi connectivity index (χ1v) is 8.94. The van der Waals surface area contributed by atoms with Gasteiger partial charge in [-0.15, -0.1) is 0 Å². The molecule has 0 aliphatic carbocycles. The van der Waals surface area contributed by atoms with Gasteiger partial charge in [0.15, 0.2) is 0 Å². The zero-order valence-corrected chi connectivity index (χ0v) is 15.3. The van der Waals surface area contributed by atoms with Crippen LogP contribution in [0.15, 0.2) is 42.9 Å². The summed E-state index contributed by atoms with van der Waals surface area (Å²) in [5.74, 6) is 0.595. The number of nitrogens with one attached hydrogen (secondary N) is 3. The Labute approximate surface area is 156 Å². The maximum atomic E-state index is 12.3. The van der Waals surface area contributed by atoms with E-state index in [4.69, 9.17) is 4.74 Å². The summed E-state index contributed by atoms with van der Waals surface area (Å²) in [6.07, 6.45) is 5.03. The molecule has 1 amide bonds. The Morgan fingerprint density at radius 2 is 2.22 bits per heavy atom. The number of carbonyl (C=O) groups is 1. The highest BCUT2D eigenvalue weighted by atomic mass is 16.5. The van der Waals surface area contributed by atoms with Crippen LogP contribution in [0.2, 0.25) is 0 Å². The quantitative estimate of drug-likeness (QED) is 0.637. The number of hydrogen-bond donors (Lipinski definition) is 3. The van der Waals surface area contributed by atoms with E-state index in [1.807, 2.05) is 12.1 Å². The molecule has 1 aliphatic rings. The number of fused-ring (bicyclic) bond motifs is 1. The number of ether oxygens (including phenoxy) is 1. The summed E-state index contributed by atoms with van der Waals surface area (Å²) < 4.78 is 7.62. The van der Waals surface area contributed by atoms with Gasteiger partial charge in [-0.05, 0) is 31.2 Å². The van der Waals surface area contributed by atoms with E-state index in [9.17, 15) is 4.79 Å². The molecular weight excluding hydrogens is 344 g/mol. The molecule has 1 aromatic carbocycles. The van der Waals surface area contributed by atoms with Gasteiger partial charge in [0.1, 0.15) is 11.4 Å². The molecule has 0 saturated carbocycles. The molecule has 1 aliphatic heterocycles. The SMILES string of the molecule is CCn1c(C2CC(NC(=O)c3cnccn3)NN2)cc2cc(OC)ccc21. The van der Waals surface area contributed by atoms with Crippen molar-refractivity contribution in [1.82, 2.24) is 30.7 Å². The molecule has 8 heteroatoms. The summed E-state index contributed by atoms with van der Waals surface area (Å²) >= 11 is 0. The fourth-order valence-electron chi connectivity index (χ4n) is 3.53. The highest BCUT2D eigenvalue weighted by Crippen LogP contribution is 2.30. The molecule has 0 radical (unpaired) electrons. The molecule has 0 spiro atoms. The normalized spacial score (nSPS) is 19.3. The van der Waals surface area contributed by atoms with Crippen LogP contribution in [0.1, 0.15) is 35.6 Å². The number of nitrogens with zero attached hydrogens (tertiary/aromatic N) is 3. The summed E-state index contributed by atoms with van der Waals surface area (Å²) in [7, 11) is 1.67. The predicted molar refractivity (Wildman–Crippen MR) is 101 cm³/mol. The van der Waals surface area contributed by atoms with E-state index in [0.29, 0.717) is 5.69 Å². The van der Waals surface area contributed by atoms with Crippen molar-refractivity contribution in [3.8, 4) is 5.75 Å². The van der Waals surface area contributed by atoms with Gasteiger partial charge < -0.3 is 14.6 Å². The van der Waals surface area contributed by atoms with Crippen LogP contribution in [-0.4, -0.2) is 33.7 Å². The molecule has 2 atom stereocenters. The van der Waals surface area contributed by atoms with E-state index in [-0.39, 0.29) is 18.1 Å². The number of methoxy groups -OCH3 is 1. The third-order valence-electron chi connectivity index (χ3n) is 4.82. The first-order valence-electron chi connectivity index (χ1n) is 8.94. The monoisotopic (exact) mass is 366 g/mol. The third kappa shape index (κ3) is 3.36. The van der Waals surface area contributed by atoms with E-state index >= 15 is 0 Å². The molecule has 2 aromatic heterocycles. The van der Waals surface area contributed by atoms with Crippen LogP contribution in [0.3, 0.4) is 0 Å². The van der Waals surface area contributed by atoms with Crippen molar-refractivity contribution >= 4 is 16.8 Å². The van der Waals surface area contributed by atoms with Crippen LogP contribution >= 0.6 is 0 Å². The molecule has 2 unspecified atom stereocenters. The molecule has 1 fully saturated rings. The predicted octanol–water partition coefficient (Wildman–Crippen LogP) is 1.75. The fourth-order valence-corrected chi connectivity index (χ4v) is 3.53. The molecule has 8 nitrogen and oxygen atoms in total. The fraction of sp³-hybridized carbons (Fsp3) is 0.316. The minimum Gasteiger partial charge on any atom is -0.497 e. The summed E-state index contributed by atoms with van der Waals surface area (Å²) in [4.78, 5) is 20.2. The Morgan fingerprint density at radius 1 is 1.33 bits per heavy atom. The van der Waals surface area contributed by atoms with Gasteiger partial charge in [-0.25, -0.2) is 15.8 Å². The zero-order valence-electron chi connectivity index (χ0n) is 15.3. The van der Waals surface area contributed by atoms with Gasteiger partial charge >= 0.3 is 0 Å². The van der Waals surface area contributed by atoms with Gasteiger partial charge in [0.25, 0.3) is 5.91 Å². The standard InChI is InChI=1S/C19H22N6O2/c1-3-25-16-5-4-13(27-2)8-12(16)9-17(25)14-10-18(24-23-14)22-19(26)15-11-20-6-7-21-15/h4-9,11,14,18,23-24H,3,10H2,1-2H3,(H,22,26). The minimum atomic E-state index is -0.246. The average molecular weight is 366 g/mol. The highest BCUT2D eigenvalue weighted by Gasteiger charge is 2.29. The van der Waals surface area contributed by atoms with Gasteiger partial charge in [0.05, 0.1) is 25.5 Å². The molecule has 4 rings (SSSR count). The molecule has 1 saturated heterocycles. The van der Waals surface area contributed by atoms with Crippen molar-refractivity contribution in [1.29, 1.82) is 0 Å². The lowest BCUT2D eigenvalue weighted by atomic mass is 10.1. The van der Waals surface area contributed by atoms with Gasteiger partial charge in [-0.2, -0.15) is 0 Å². The number of carbonyl (C=O) groups excluding carboxylic acids is 1.